The van der Waals surface area contributed by atoms with Crippen molar-refractivity contribution in [2.75, 3.05) is 6.54 Å². The van der Waals surface area contributed by atoms with Crippen molar-refractivity contribution in [1.82, 2.24) is 5.32 Å². The van der Waals surface area contributed by atoms with Gasteiger partial charge < -0.3 is 5.32 Å². The summed E-state index contributed by atoms with van der Waals surface area (Å²) in [6.45, 7) is 8.32. The van der Waals surface area contributed by atoms with Crippen molar-refractivity contribution in [3.8, 4) is 0 Å². The molecule has 0 aromatic heterocycles. The van der Waals surface area contributed by atoms with E-state index in [1.807, 2.05) is 0 Å². The number of nitrogens with one attached hydrogen (secondary N) is 1. The van der Waals surface area contributed by atoms with Crippen LogP contribution in [0.2, 0.25) is 0 Å². The fourth-order valence-electron chi connectivity index (χ4n) is 1.65. The average Bonchev–Trinajstić information content (AvgIpc) is 2.65. The van der Waals surface area contributed by atoms with Gasteiger partial charge in [-0.1, -0.05) is 27.2 Å². The third-order valence-electron chi connectivity index (χ3n) is 2.59. The standard InChI is InChI=1S/C10H21N/c1-4-6-10(2,3)7-5-9-8-11-9/h9,11H,4-8H2,1-3H3. The van der Waals surface area contributed by atoms with Gasteiger partial charge in [0.1, 0.15) is 0 Å². The Balaban J connectivity index is 2.09. The lowest BCUT2D eigenvalue weighted by molar-refractivity contribution is 0.295. The van der Waals surface area contributed by atoms with Crippen LogP contribution in [0.5, 0.6) is 0 Å². The van der Waals surface area contributed by atoms with E-state index in [0.29, 0.717) is 5.41 Å². The van der Waals surface area contributed by atoms with Gasteiger partial charge in [-0.15, -0.1) is 0 Å². The first-order valence-electron chi connectivity index (χ1n) is 4.87. The van der Waals surface area contributed by atoms with E-state index in [0.717, 1.165) is 6.04 Å². The van der Waals surface area contributed by atoms with E-state index in [4.69, 9.17) is 0 Å². The first-order valence-corrected chi connectivity index (χ1v) is 4.87. The summed E-state index contributed by atoms with van der Waals surface area (Å²) in [5.74, 6) is 0. The SMILES string of the molecule is CCCC(C)(C)CCC1CN1. The van der Waals surface area contributed by atoms with Gasteiger partial charge in [-0.05, 0) is 24.7 Å². The fraction of sp³-hybridized carbons (Fsp3) is 1.00. The molecule has 11 heavy (non-hydrogen) atoms. The molecular weight excluding hydrogens is 134 g/mol. The Morgan fingerprint density at radius 1 is 1.36 bits per heavy atom. The summed E-state index contributed by atoms with van der Waals surface area (Å²) in [7, 11) is 0. The van der Waals surface area contributed by atoms with Crippen LogP contribution in [0.1, 0.15) is 46.5 Å². The molecule has 1 atom stereocenters. The minimum absolute atomic E-state index is 0.582. The van der Waals surface area contributed by atoms with Gasteiger partial charge in [-0.2, -0.15) is 0 Å². The van der Waals surface area contributed by atoms with Crippen LogP contribution in [0.3, 0.4) is 0 Å². The van der Waals surface area contributed by atoms with Gasteiger partial charge in [0.25, 0.3) is 0 Å². The van der Waals surface area contributed by atoms with E-state index in [-0.39, 0.29) is 0 Å². The molecule has 1 nitrogen and oxygen atoms in total. The van der Waals surface area contributed by atoms with E-state index in [9.17, 15) is 0 Å². The fourth-order valence-corrected chi connectivity index (χ4v) is 1.65. The Morgan fingerprint density at radius 3 is 2.45 bits per heavy atom. The van der Waals surface area contributed by atoms with Gasteiger partial charge in [0.05, 0.1) is 0 Å². The number of hydrogen-bond donors (Lipinski definition) is 1. The van der Waals surface area contributed by atoms with Crippen LogP contribution in [-0.2, 0) is 0 Å². The Kier molecular flexibility index (Phi) is 2.94. The second-order valence-corrected chi connectivity index (χ2v) is 4.56. The van der Waals surface area contributed by atoms with Crippen molar-refractivity contribution in [1.29, 1.82) is 0 Å². The van der Waals surface area contributed by atoms with Crippen molar-refractivity contribution in [2.45, 2.75) is 52.5 Å². The van der Waals surface area contributed by atoms with Crippen LogP contribution in [-0.4, -0.2) is 12.6 Å². The van der Waals surface area contributed by atoms with Crippen molar-refractivity contribution in [3.63, 3.8) is 0 Å². The predicted molar refractivity (Wildman–Crippen MR) is 49.7 cm³/mol. The molecule has 1 saturated heterocycles. The van der Waals surface area contributed by atoms with Gasteiger partial charge in [0.15, 0.2) is 0 Å². The Hall–Kier alpha value is -0.0400. The molecule has 1 fully saturated rings. The summed E-state index contributed by atoms with van der Waals surface area (Å²) in [4.78, 5) is 0. The van der Waals surface area contributed by atoms with Gasteiger partial charge in [0, 0.05) is 12.6 Å². The van der Waals surface area contributed by atoms with Crippen LogP contribution in [0.15, 0.2) is 0 Å². The Bertz CT molecular complexity index is 114. The Labute approximate surface area is 70.6 Å². The van der Waals surface area contributed by atoms with E-state index in [2.05, 4.69) is 26.1 Å². The molecule has 0 aliphatic carbocycles. The number of rotatable bonds is 5. The lowest BCUT2D eigenvalue weighted by Gasteiger charge is -2.23. The largest absolute Gasteiger partial charge is 0.311 e. The highest BCUT2D eigenvalue weighted by molar-refractivity contribution is 4.84. The zero-order chi connectivity index (χ0) is 8.32. The van der Waals surface area contributed by atoms with E-state index >= 15 is 0 Å². The minimum atomic E-state index is 0.582. The predicted octanol–water partition coefficient (Wildman–Crippen LogP) is 2.56. The maximum absolute atomic E-state index is 3.35. The van der Waals surface area contributed by atoms with E-state index in [1.165, 1.54) is 32.2 Å². The lowest BCUT2D eigenvalue weighted by atomic mass is 9.83. The molecule has 0 aromatic rings. The molecule has 1 aliphatic rings. The third-order valence-corrected chi connectivity index (χ3v) is 2.59. The molecule has 1 N–H and O–H groups in total. The second-order valence-electron chi connectivity index (χ2n) is 4.56. The van der Waals surface area contributed by atoms with Gasteiger partial charge >= 0.3 is 0 Å². The summed E-state index contributed by atoms with van der Waals surface area (Å²) >= 11 is 0. The zero-order valence-corrected chi connectivity index (χ0v) is 8.11. The molecule has 1 heteroatoms. The van der Waals surface area contributed by atoms with E-state index in [1.54, 1.807) is 0 Å². The highest BCUT2D eigenvalue weighted by atomic mass is 15.1. The van der Waals surface area contributed by atoms with Crippen molar-refractivity contribution >= 4 is 0 Å². The quantitative estimate of drug-likeness (QED) is 0.605. The van der Waals surface area contributed by atoms with E-state index < -0.39 is 0 Å². The van der Waals surface area contributed by atoms with Crippen LogP contribution in [0, 0.1) is 5.41 Å². The monoisotopic (exact) mass is 155 g/mol. The van der Waals surface area contributed by atoms with Crippen LogP contribution in [0.4, 0.5) is 0 Å². The lowest BCUT2D eigenvalue weighted by Crippen LogP contribution is -2.12. The highest BCUT2D eigenvalue weighted by Gasteiger charge is 2.24. The maximum Gasteiger partial charge on any atom is 0.0193 e. The first-order chi connectivity index (χ1) is 5.14. The summed E-state index contributed by atoms with van der Waals surface area (Å²) in [5, 5.41) is 3.35. The molecule has 0 radical (unpaired) electrons. The molecule has 1 unspecified atom stereocenters. The molecule has 1 rings (SSSR count). The first kappa shape index (κ1) is 9.05. The summed E-state index contributed by atoms with van der Waals surface area (Å²) in [6, 6.07) is 0.867. The smallest absolute Gasteiger partial charge is 0.0193 e. The number of hydrogen-bond acceptors (Lipinski definition) is 1. The molecule has 1 aliphatic heterocycles. The van der Waals surface area contributed by atoms with Crippen LogP contribution in [0.25, 0.3) is 0 Å². The van der Waals surface area contributed by atoms with Crippen molar-refractivity contribution in [3.05, 3.63) is 0 Å². The summed E-state index contributed by atoms with van der Waals surface area (Å²) in [5.41, 5.74) is 0.582. The molecule has 0 saturated carbocycles. The van der Waals surface area contributed by atoms with Crippen LogP contribution >= 0.6 is 0 Å². The van der Waals surface area contributed by atoms with Crippen molar-refractivity contribution in [2.24, 2.45) is 5.41 Å². The molecule has 0 amide bonds. The van der Waals surface area contributed by atoms with Gasteiger partial charge in [0.2, 0.25) is 0 Å². The van der Waals surface area contributed by atoms with Gasteiger partial charge in [-0.3, -0.25) is 0 Å². The molecule has 66 valence electrons. The minimum Gasteiger partial charge on any atom is -0.311 e. The molecule has 0 spiro atoms. The second kappa shape index (κ2) is 3.57. The molecule has 1 heterocycles. The topological polar surface area (TPSA) is 21.9 Å². The maximum atomic E-state index is 3.35. The average molecular weight is 155 g/mol. The van der Waals surface area contributed by atoms with Gasteiger partial charge in [-0.25, -0.2) is 0 Å². The molecular formula is C10H21N. The molecule has 0 bridgehead atoms. The Morgan fingerprint density at radius 2 is 2.00 bits per heavy atom. The highest BCUT2D eigenvalue weighted by Crippen LogP contribution is 2.29. The van der Waals surface area contributed by atoms with Crippen molar-refractivity contribution < 1.29 is 0 Å². The third kappa shape index (κ3) is 3.76. The summed E-state index contributed by atoms with van der Waals surface area (Å²) < 4.78 is 0. The normalized spacial score (nSPS) is 23.7. The van der Waals surface area contributed by atoms with Crippen LogP contribution < -0.4 is 5.32 Å². The molecule has 0 aromatic carbocycles. The summed E-state index contributed by atoms with van der Waals surface area (Å²) in [6.07, 6.45) is 5.47. The zero-order valence-electron chi connectivity index (χ0n) is 8.11.